The largest absolute Gasteiger partial charge is 0.497 e. The molecule has 1 saturated heterocycles. The molecule has 0 radical (unpaired) electrons. The molecule has 1 aromatic rings. The fraction of sp³-hybridized carbons (Fsp3) is 0.632. The van der Waals surface area contributed by atoms with Gasteiger partial charge in [0, 0.05) is 45.2 Å². The number of aliphatic imine (C=N–C) groups is 1. The van der Waals surface area contributed by atoms with Crippen LogP contribution in [0.25, 0.3) is 0 Å². The van der Waals surface area contributed by atoms with Gasteiger partial charge in [-0.1, -0.05) is 12.1 Å². The van der Waals surface area contributed by atoms with E-state index in [0.29, 0.717) is 12.0 Å². The Bertz CT molecular complexity index is 527. The van der Waals surface area contributed by atoms with Crippen LogP contribution in [-0.4, -0.2) is 69.2 Å². The van der Waals surface area contributed by atoms with Crippen LogP contribution in [0.5, 0.6) is 5.75 Å². The zero-order valence-corrected chi connectivity index (χ0v) is 15.7. The van der Waals surface area contributed by atoms with Crippen LogP contribution in [-0.2, 0) is 0 Å². The Morgan fingerprint density at radius 3 is 2.67 bits per heavy atom. The first kappa shape index (κ1) is 18.6. The maximum absolute atomic E-state index is 5.25. The molecule has 1 N–H and O–H groups in total. The van der Waals surface area contributed by atoms with Crippen LogP contribution in [0.2, 0.25) is 0 Å². The highest BCUT2D eigenvalue weighted by atomic mass is 16.5. The smallest absolute Gasteiger partial charge is 0.193 e. The second-order valence-electron chi connectivity index (χ2n) is 6.75. The van der Waals surface area contributed by atoms with Crippen molar-refractivity contribution in [3.63, 3.8) is 0 Å². The van der Waals surface area contributed by atoms with Gasteiger partial charge >= 0.3 is 0 Å². The standard InChI is InChI=1S/C19H32N4O/c1-15(2)22(4)13-11-21-19(20-3)23-12-10-17(14-23)16-6-8-18(24-5)9-7-16/h6-9,15,17H,10-14H2,1-5H3,(H,20,21). The molecule has 5 heteroatoms. The lowest BCUT2D eigenvalue weighted by atomic mass is 9.98. The predicted octanol–water partition coefficient (Wildman–Crippen LogP) is 2.40. The summed E-state index contributed by atoms with van der Waals surface area (Å²) >= 11 is 0. The third-order valence-corrected chi connectivity index (χ3v) is 4.92. The van der Waals surface area contributed by atoms with E-state index in [0.717, 1.165) is 37.9 Å². The fourth-order valence-corrected chi connectivity index (χ4v) is 3.04. The molecule has 24 heavy (non-hydrogen) atoms. The van der Waals surface area contributed by atoms with E-state index in [2.05, 4.69) is 53.1 Å². The first-order valence-electron chi connectivity index (χ1n) is 8.85. The Kier molecular flexibility index (Phi) is 6.91. The second-order valence-corrected chi connectivity index (χ2v) is 6.75. The van der Waals surface area contributed by atoms with Gasteiger partial charge in [-0.2, -0.15) is 0 Å². The third-order valence-electron chi connectivity index (χ3n) is 4.92. The van der Waals surface area contributed by atoms with E-state index < -0.39 is 0 Å². The molecule has 1 aliphatic rings. The average molecular weight is 332 g/mol. The quantitative estimate of drug-likeness (QED) is 0.641. The Morgan fingerprint density at radius 1 is 1.38 bits per heavy atom. The lowest BCUT2D eigenvalue weighted by molar-refractivity contribution is 0.277. The molecule has 5 nitrogen and oxygen atoms in total. The summed E-state index contributed by atoms with van der Waals surface area (Å²) in [4.78, 5) is 9.16. The Labute approximate surface area is 146 Å². The zero-order valence-electron chi connectivity index (χ0n) is 15.7. The molecule has 0 bridgehead atoms. The van der Waals surface area contributed by atoms with Crippen molar-refractivity contribution in [1.29, 1.82) is 0 Å². The van der Waals surface area contributed by atoms with Gasteiger partial charge < -0.3 is 19.9 Å². The molecular formula is C19H32N4O. The highest BCUT2D eigenvalue weighted by molar-refractivity contribution is 5.80. The molecule has 0 saturated carbocycles. The third kappa shape index (κ3) is 4.87. The highest BCUT2D eigenvalue weighted by Gasteiger charge is 2.26. The van der Waals surface area contributed by atoms with Gasteiger partial charge in [-0.3, -0.25) is 4.99 Å². The van der Waals surface area contributed by atoms with E-state index in [9.17, 15) is 0 Å². The molecule has 1 heterocycles. The summed E-state index contributed by atoms with van der Waals surface area (Å²) in [6.45, 7) is 8.45. The van der Waals surface area contributed by atoms with Gasteiger partial charge in [-0.05, 0) is 45.0 Å². The number of nitrogens with one attached hydrogen (secondary N) is 1. The number of likely N-dealkylation sites (tertiary alicyclic amines) is 1. The molecule has 1 aromatic carbocycles. The lowest BCUT2D eigenvalue weighted by Gasteiger charge is -2.25. The number of guanidine groups is 1. The van der Waals surface area contributed by atoms with Crippen molar-refractivity contribution in [1.82, 2.24) is 15.1 Å². The lowest BCUT2D eigenvalue weighted by Crippen LogP contribution is -2.43. The van der Waals surface area contributed by atoms with Crippen molar-refractivity contribution in [2.75, 3.05) is 47.4 Å². The molecule has 1 fully saturated rings. The molecule has 1 aliphatic heterocycles. The number of hydrogen-bond acceptors (Lipinski definition) is 3. The monoisotopic (exact) mass is 332 g/mol. The first-order valence-corrected chi connectivity index (χ1v) is 8.85. The van der Waals surface area contributed by atoms with E-state index >= 15 is 0 Å². The fourth-order valence-electron chi connectivity index (χ4n) is 3.04. The van der Waals surface area contributed by atoms with Gasteiger partial charge in [-0.15, -0.1) is 0 Å². The van der Waals surface area contributed by atoms with Crippen molar-refractivity contribution in [2.45, 2.75) is 32.2 Å². The summed E-state index contributed by atoms with van der Waals surface area (Å²) in [5.74, 6) is 2.50. The van der Waals surface area contributed by atoms with Gasteiger partial charge in [0.05, 0.1) is 7.11 Å². The van der Waals surface area contributed by atoms with E-state index in [4.69, 9.17) is 4.74 Å². The van der Waals surface area contributed by atoms with Gasteiger partial charge in [0.2, 0.25) is 0 Å². The van der Waals surface area contributed by atoms with Crippen molar-refractivity contribution < 1.29 is 4.74 Å². The molecule has 0 spiro atoms. The summed E-state index contributed by atoms with van der Waals surface area (Å²) in [6.07, 6.45) is 1.17. The van der Waals surface area contributed by atoms with Gasteiger partial charge in [0.1, 0.15) is 5.75 Å². The molecule has 0 amide bonds. The highest BCUT2D eigenvalue weighted by Crippen LogP contribution is 2.28. The summed E-state index contributed by atoms with van der Waals surface area (Å²) in [6, 6.07) is 9.03. The van der Waals surface area contributed by atoms with Crippen molar-refractivity contribution in [3.8, 4) is 5.75 Å². The number of rotatable bonds is 6. The minimum atomic E-state index is 0.563. The van der Waals surface area contributed by atoms with Crippen LogP contribution in [0.4, 0.5) is 0 Å². The first-order chi connectivity index (χ1) is 11.5. The van der Waals surface area contributed by atoms with Crippen molar-refractivity contribution in [2.24, 2.45) is 4.99 Å². The number of ether oxygens (including phenoxy) is 1. The Hall–Kier alpha value is -1.75. The number of likely N-dealkylation sites (N-methyl/N-ethyl adjacent to an activating group) is 1. The van der Waals surface area contributed by atoms with Gasteiger partial charge in [0.25, 0.3) is 0 Å². The van der Waals surface area contributed by atoms with Crippen molar-refractivity contribution >= 4 is 5.96 Å². The summed E-state index contributed by atoms with van der Waals surface area (Å²) < 4.78 is 5.25. The summed E-state index contributed by atoms with van der Waals surface area (Å²) in [5.41, 5.74) is 1.38. The van der Waals surface area contributed by atoms with Crippen LogP contribution in [0.3, 0.4) is 0 Å². The van der Waals surface area contributed by atoms with Crippen LogP contribution in [0, 0.1) is 0 Å². The van der Waals surface area contributed by atoms with Gasteiger partial charge in [-0.25, -0.2) is 0 Å². The summed E-state index contributed by atoms with van der Waals surface area (Å²) in [5, 5.41) is 3.50. The Morgan fingerprint density at radius 2 is 2.08 bits per heavy atom. The maximum Gasteiger partial charge on any atom is 0.193 e. The van der Waals surface area contributed by atoms with Crippen LogP contribution < -0.4 is 10.1 Å². The summed E-state index contributed by atoms with van der Waals surface area (Å²) in [7, 11) is 5.73. The minimum Gasteiger partial charge on any atom is -0.497 e. The van der Waals surface area contributed by atoms with E-state index in [1.54, 1.807) is 7.11 Å². The maximum atomic E-state index is 5.25. The zero-order chi connectivity index (χ0) is 17.5. The number of methoxy groups -OCH3 is 1. The van der Waals surface area contributed by atoms with Crippen LogP contribution in [0.15, 0.2) is 29.3 Å². The van der Waals surface area contributed by atoms with Gasteiger partial charge in [0.15, 0.2) is 5.96 Å². The number of nitrogens with zero attached hydrogens (tertiary/aromatic N) is 3. The van der Waals surface area contributed by atoms with Crippen LogP contribution in [0.1, 0.15) is 31.7 Å². The number of hydrogen-bond donors (Lipinski definition) is 1. The average Bonchev–Trinajstić information content (AvgIpc) is 3.08. The van der Waals surface area contributed by atoms with Crippen LogP contribution >= 0.6 is 0 Å². The molecule has 2 rings (SSSR count). The Balaban J connectivity index is 1.85. The molecule has 0 aliphatic carbocycles. The van der Waals surface area contributed by atoms with Crippen molar-refractivity contribution in [3.05, 3.63) is 29.8 Å². The number of benzene rings is 1. The molecule has 1 unspecified atom stereocenters. The molecule has 0 aromatic heterocycles. The normalized spacial score (nSPS) is 18.5. The predicted molar refractivity (Wildman–Crippen MR) is 101 cm³/mol. The molecule has 1 atom stereocenters. The van der Waals surface area contributed by atoms with E-state index in [1.165, 1.54) is 12.0 Å². The second kappa shape index (κ2) is 8.92. The topological polar surface area (TPSA) is 40.1 Å². The SMILES string of the molecule is CN=C(NCCN(C)C(C)C)N1CCC(c2ccc(OC)cc2)C1. The minimum absolute atomic E-state index is 0.563. The molecule has 134 valence electrons. The molecular weight excluding hydrogens is 300 g/mol. The van der Waals surface area contributed by atoms with E-state index in [-0.39, 0.29) is 0 Å². The van der Waals surface area contributed by atoms with E-state index in [1.807, 2.05) is 19.2 Å².